The molecule has 1 saturated heterocycles. The van der Waals surface area contributed by atoms with Gasteiger partial charge in [-0.1, -0.05) is 0 Å². The zero-order valence-electron chi connectivity index (χ0n) is 18.0. The van der Waals surface area contributed by atoms with Gasteiger partial charge in [-0.05, 0) is 20.8 Å². The minimum atomic E-state index is -0.536. The Bertz CT molecular complexity index is 888. The number of thiazole rings is 1. The Morgan fingerprint density at radius 1 is 1.33 bits per heavy atom. The first-order valence-electron chi connectivity index (χ1n) is 9.82. The van der Waals surface area contributed by atoms with Crippen molar-refractivity contribution < 1.29 is 19.1 Å². The van der Waals surface area contributed by atoms with E-state index in [2.05, 4.69) is 15.4 Å². The Morgan fingerprint density at radius 3 is 2.77 bits per heavy atom. The van der Waals surface area contributed by atoms with Crippen LogP contribution in [0.4, 0.5) is 5.13 Å². The number of ether oxygens (including phenoxy) is 2. The molecule has 0 aliphatic carbocycles. The van der Waals surface area contributed by atoms with E-state index in [1.54, 1.807) is 30.0 Å². The second-order valence-electron chi connectivity index (χ2n) is 8.29. The zero-order chi connectivity index (χ0) is 21.9. The number of nitrogens with zero attached hydrogens (tertiary/aromatic N) is 4. The fourth-order valence-electron chi connectivity index (χ4n) is 3.76. The van der Waals surface area contributed by atoms with Gasteiger partial charge < -0.3 is 19.7 Å². The fraction of sp³-hybridized carbons (Fsp3) is 0.600. The topological polar surface area (TPSA) is 98.6 Å². The SMILES string of the molecule is COCCn1cc([C@@H]2[C@@H](C(=O)Nc3nc(COC)cs3)CC(=O)N2C(C)(C)C)cn1. The summed E-state index contributed by atoms with van der Waals surface area (Å²) in [5, 5.41) is 9.62. The number of amides is 2. The Hall–Kier alpha value is -2.30. The van der Waals surface area contributed by atoms with E-state index in [0.717, 1.165) is 11.3 Å². The van der Waals surface area contributed by atoms with Crippen molar-refractivity contribution in [3.8, 4) is 0 Å². The average Bonchev–Trinajstić information content (AvgIpc) is 3.38. The van der Waals surface area contributed by atoms with Crippen LogP contribution in [0.2, 0.25) is 0 Å². The molecule has 3 heterocycles. The number of hydrogen-bond acceptors (Lipinski definition) is 7. The van der Waals surface area contributed by atoms with Gasteiger partial charge in [0.05, 0.1) is 43.6 Å². The number of rotatable bonds is 8. The maximum atomic E-state index is 13.2. The van der Waals surface area contributed by atoms with Crippen molar-refractivity contribution in [1.29, 1.82) is 0 Å². The van der Waals surface area contributed by atoms with Gasteiger partial charge in [-0.3, -0.25) is 14.3 Å². The van der Waals surface area contributed by atoms with Crippen LogP contribution in [0.3, 0.4) is 0 Å². The molecule has 2 aromatic rings. The van der Waals surface area contributed by atoms with Gasteiger partial charge in [-0.25, -0.2) is 4.98 Å². The molecular weight excluding hydrogens is 406 g/mol. The summed E-state index contributed by atoms with van der Waals surface area (Å²) < 4.78 is 12.0. The molecule has 3 rings (SSSR count). The molecule has 10 heteroatoms. The number of likely N-dealkylation sites (tertiary alicyclic amines) is 1. The number of aromatic nitrogens is 3. The fourth-order valence-corrected chi connectivity index (χ4v) is 4.46. The van der Waals surface area contributed by atoms with Gasteiger partial charge in [0.15, 0.2) is 5.13 Å². The molecule has 30 heavy (non-hydrogen) atoms. The Balaban J connectivity index is 1.86. The molecule has 0 bridgehead atoms. The predicted octanol–water partition coefficient (Wildman–Crippen LogP) is 2.46. The van der Waals surface area contributed by atoms with Crippen LogP contribution in [0.1, 0.15) is 44.5 Å². The Labute approximate surface area is 180 Å². The Morgan fingerprint density at radius 2 is 2.10 bits per heavy atom. The number of methoxy groups -OCH3 is 2. The summed E-state index contributed by atoms with van der Waals surface area (Å²) in [7, 11) is 3.23. The average molecular weight is 436 g/mol. The van der Waals surface area contributed by atoms with Gasteiger partial charge in [0.25, 0.3) is 0 Å². The van der Waals surface area contributed by atoms with Gasteiger partial charge in [-0.2, -0.15) is 5.10 Å². The van der Waals surface area contributed by atoms with E-state index in [1.807, 2.05) is 32.3 Å². The molecule has 1 N–H and O–H groups in total. The van der Waals surface area contributed by atoms with Crippen LogP contribution < -0.4 is 5.32 Å². The summed E-state index contributed by atoms with van der Waals surface area (Å²) in [6.07, 6.45) is 3.77. The lowest BCUT2D eigenvalue weighted by molar-refractivity contribution is -0.133. The molecule has 1 aliphatic heterocycles. The third-order valence-electron chi connectivity index (χ3n) is 4.98. The summed E-state index contributed by atoms with van der Waals surface area (Å²) in [6, 6.07) is -0.396. The van der Waals surface area contributed by atoms with Gasteiger partial charge in [-0.15, -0.1) is 11.3 Å². The first-order valence-corrected chi connectivity index (χ1v) is 10.7. The highest BCUT2D eigenvalue weighted by Crippen LogP contribution is 2.43. The monoisotopic (exact) mass is 435 g/mol. The highest BCUT2D eigenvalue weighted by atomic mass is 32.1. The summed E-state index contributed by atoms with van der Waals surface area (Å²) in [5.74, 6) is -0.800. The predicted molar refractivity (Wildman–Crippen MR) is 113 cm³/mol. The normalized spacial score (nSPS) is 19.5. The van der Waals surface area contributed by atoms with E-state index >= 15 is 0 Å². The van der Waals surface area contributed by atoms with E-state index in [-0.39, 0.29) is 18.2 Å². The maximum absolute atomic E-state index is 13.2. The minimum Gasteiger partial charge on any atom is -0.383 e. The van der Waals surface area contributed by atoms with Crippen molar-refractivity contribution in [1.82, 2.24) is 19.7 Å². The summed E-state index contributed by atoms with van der Waals surface area (Å²) >= 11 is 1.34. The second-order valence-corrected chi connectivity index (χ2v) is 9.14. The largest absolute Gasteiger partial charge is 0.383 e. The van der Waals surface area contributed by atoms with Crippen molar-refractivity contribution in [2.75, 3.05) is 26.1 Å². The molecule has 0 saturated carbocycles. The molecule has 0 radical (unpaired) electrons. The molecule has 0 aromatic carbocycles. The van der Waals surface area contributed by atoms with Crippen molar-refractivity contribution in [2.24, 2.45) is 5.92 Å². The molecule has 1 aliphatic rings. The number of hydrogen-bond donors (Lipinski definition) is 1. The number of anilines is 1. The van der Waals surface area contributed by atoms with E-state index in [1.165, 1.54) is 11.3 Å². The quantitative estimate of drug-likeness (QED) is 0.684. The van der Waals surface area contributed by atoms with Crippen molar-refractivity contribution in [3.63, 3.8) is 0 Å². The number of carbonyl (C=O) groups is 2. The standard InChI is InChI=1S/C20H29N5O4S/c1-20(2,3)25-16(26)8-15(17(25)13-9-21-24(10-13)6-7-28-4)18(27)23-19-22-14(11-29-5)12-30-19/h9-10,12,15,17H,6-8,11H2,1-5H3,(H,22,23,27)/t15-,17+/m0/s1. The van der Waals surface area contributed by atoms with Crippen LogP contribution >= 0.6 is 11.3 Å². The van der Waals surface area contributed by atoms with Gasteiger partial charge in [0, 0.05) is 43.3 Å². The lowest BCUT2D eigenvalue weighted by Crippen LogP contribution is -2.44. The highest BCUT2D eigenvalue weighted by molar-refractivity contribution is 7.13. The zero-order valence-corrected chi connectivity index (χ0v) is 18.9. The maximum Gasteiger partial charge on any atom is 0.232 e. The van der Waals surface area contributed by atoms with Crippen LogP contribution in [-0.4, -0.2) is 57.8 Å². The Kier molecular flexibility index (Phi) is 6.89. The molecule has 2 atom stereocenters. The van der Waals surface area contributed by atoms with E-state index in [4.69, 9.17) is 9.47 Å². The minimum absolute atomic E-state index is 0.0449. The molecule has 9 nitrogen and oxygen atoms in total. The van der Waals surface area contributed by atoms with E-state index in [9.17, 15) is 9.59 Å². The highest BCUT2D eigenvalue weighted by Gasteiger charge is 2.49. The molecule has 164 valence electrons. The number of nitrogens with one attached hydrogen (secondary N) is 1. The van der Waals surface area contributed by atoms with E-state index < -0.39 is 17.5 Å². The number of carbonyl (C=O) groups excluding carboxylic acids is 2. The molecule has 1 fully saturated rings. The second kappa shape index (κ2) is 9.23. The lowest BCUT2D eigenvalue weighted by atomic mass is 9.93. The third kappa shape index (κ3) is 4.88. The molecular formula is C20H29N5O4S. The van der Waals surface area contributed by atoms with Crippen LogP contribution in [0.15, 0.2) is 17.8 Å². The van der Waals surface area contributed by atoms with Crippen molar-refractivity contribution in [3.05, 3.63) is 29.0 Å². The lowest BCUT2D eigenvalue weighted by Gasteiger charge is -2.38. The first kappa shape index (κ1) is 22.4. The van der Waals surface area contributed by atoms with Gasteiger partial charge in [0.1, 0.15) is 0 Å². The first-order chi connectivity index (χ1) is 14.2. The van der Waals surface area contributed by atoms with Crippen molar-refractivity contribution >= 4 is 28.3 Å². The smallest absolute Gasteiger partial charge is 0.232 e. The van der Waals surface area contributed by atoms with Crippen LogP contribution in [0.5, 0.6) is 0 Å². The molecule has 0 unspecified atom stereocenters. The summed E-state index contributed by atoms with van der Waals surface area (Å²) in [4.78, 5) is 32.2. The van der Waals surface area contributed by atoms with Crippen LogP contribution in [-0.2, 0) is 32.2 Å². The van der Waals surface area contributed by atoms with E-state index in [0.29, 0.717) is 24.9 Å². The van der Waals surface area contributed by atoms with Crippen LogP contribution in [0.25, 0.3) is 0 Å². The summed E-state index contributed by atoms with van der Waals surface area (Å²) in [5.41, 5.74) is 1.16. The third-order valence-corrected chi connectivity index (χ3v) is 5.78. The van der Waals surface area contributed by atoms with Crippen LogP contribution in [0, 0.1) is 5.92 Å². The molecule has 2 aromatic heterocycles. The summed E-state index contributed by atoms with van der Waals surface area (Å²) in [6.45, 7) is 7.45. The van der Waals surface area contributed by atoms with Gasteiger partial charge in [0.2, 0.25) is 11.8 Å². The molecule has 2 amide bonds. The van der Waals surface area contributed by atoms with Crippen molar-refractivity contribution in [2.45, 2.75) is 51.9 Å². The van der Waals surface area contributed by atoms with Gasteiger partial charge >= 0.3 is 0 Å². The molecule has 0 spiro atoms.